The number of aryl methyl sites for hydroxylation is 1. The van der Waals surface area contributed by atoms with Gasteiger partial charge >= 0.3 is 11.7 Å². The number of amides is 2. The minimum absolute atomic E-state index is 0.0575. The Morgan fingerprint density at radius 2 is 1.76 bits per heavy atom. The summed E-state index contributed by atoms with van der Waals surface area (Å²) in [7, 11) is 1.58. The molecule has 0 saturated carbocycles. The molecule has 1 aromatic rings. The molecule has 8 heteroatoms. The molecule has 2 rings (SSSR count). The van der Waals surface area contributed by atoms with Crippen LogP contribution in [0.2, 0.25) is 0 Å². The van der Waals surface area contributed by atoms with E-state index < -0.39 is 5.63 Å². The molecule has 116 valence electrons. The van der Waals surface area contributed by atoms with Crippen LogP contribution in [0.25, 0.3) is 0 Å². The van der Waals surface area contributed by atoms with E-state index in [1.165, 1.54) is 4.74 Å². The number of ether oxygens (including phenoxy) is 1. The molecule has 1 aliphatic heterocycles. The molecule has 0 spiro atoms. The van der Waals surface area contributed by atoms with Gasteiger partial charge in [0, 0.05) is 33.2 Å². The van der Waals surface area contributed by atoms with E-state index in [0.717, 1.165) is 0 Å². The molecule has 0 unspecified atom stereocenters. The highest BCUT2D eigenvalue weighted by atomic mass is 16.6. The number of aromatic nitrogens is 1. The Morgan fingerprint density at radius 3 is 2.24 bits per heavy atom. The molecule has 2 heterocycles. The van der Waals surface area contributed by atoms with E-state index in [2.05, 4.69) is 0 Å². The summed E-state index contributed by atoms with van der Waals surface area (Å²) in [6, 6.07) is 0. The van der Waals surface area contributed by atoms with Gasteiger partial charge in [-0.15, -0.1) is 0 Å². The Morgan fingerprint density at radius 1 is 1.19 bits per heavy atom. The van der Waals surface area contributed by atoms with E-state index in [1.54, 1.807) is 30.7 Å². The van der Waals surface area contributed by atoms with E-state index in [0.29, 0.717) is 38.5 Å². The molecule has 0 radical (unpaired) electrons. The Bertz CT molecular complexity index is 595. The third-order valence-electron chi connectivity index (χ3n) is 3.56. The average Bonchev–Trinajstić information content (AvgIpc) is 2.72. The van der Waals surface area contributed by atoms with Crippen molar-refractivity contribution in [3.63, 3.8) is 0 Å². The Hall–Kier alpha value is -2.25. The summed E-state index contributed by atoms with van der Waals surface area (Å²) in [6.07, 6.45) is -0.375. The van der Waals surface area contributed by atoms with Crippen molar-refractivity contribution in [3.8, 4) is 0 Å². The van der Waals surface area contributed by atoms with Gasteiger partial charge in [-0.1, -0.05) is 0 Å². The van der Waals surface area contributed by atoms with Crippen molar-refractivity contribution in [2.75, 3.05) is 32.8 Å². The second kappa shape index (κ2) is 6.02. The monoisotopic (exact) mass is 297 g/mol. The zero-order valence-corrected chi connectivity index (χ0v) is 12.4. The number of nitrogens with zero attached hydrogens (tertiary/aromatic N) is 3. The highest BCUT2D eigenvalue weighted by molar-refractivity contribution is 5.95. The van der Waals surface area contributed by atoms with Crippen LogP contribution in [0.4, 0.5) is 4.79 Å². The maximum absolute atomic E-state index is 12.4. The van der Waals surface area contributed by atoms with E-state index in [-0.39, 0.29) is 17.6 Å². The highest BCUT2D eigenvalue weighted by Crippen LogP contribution is 2.10. The van der Waals surface area contributed by atoms with Crippen molar-refractivity contribution in [2.24, 2.45) is 7.05 Å². The molecule has 21 heavy (non-hydrogen) atoms. The lowest BCUT2D eigenvalue weighted by atomic mass is 10.2. The van der Waals surface area contributed by atoms with Crippen LogP contribution in [-0.4, -0.2) is 59.3 Å². The zero-order valence-electron chi connectivity index (χ0n) is 12.4. The van der Waals surface area contributed by atoms with E-state index >= 15 is 0 Å². The first-order chi connectivity index (χ1) is 9.95. The van der Waals surface area contributed by atoms with Gasteiger partial charge in [-0.05, 0) is 13.8 Å². The summed E-state index contributed by atoms with van der Waals surface area (Å²) < 4.78 is 11.1. The summed E-state index contributed by atoms with van der Waals surface area (Å²) in [5.74, 6) is -0.356. The van der Waals surface area contributed by atoms with Gasteiger partial charge in [0.25, 0.3) is 5.91 Å². The molecule has 0 N–H and O–H groups in total. The molecule has 0 aromatic carbocycles. The summed E-state index contributed by atoms with van der Waals surface area (Å²) in [5.41, 5.74) is -0.0762. The number of rotatable bonds is 2. The molecule has 1 saturated heterocycles. The van der Waals surface area contributed by atoms with E-state index in [1.807, 2.05) is 0 Å². The third kappa shape index (κ3) is 2.93. The van der Waals surface area contributed by atoms with Crippen molar-refractivity contribution in [2.45, 2.75) is 13.8 Å². The fourth-order valence-electron chi connectivity index (χ4n) is 2.25. The van der Waals surface area contributed by atoms with Crippen molar-refractivity contribution in [1.29, 1.82) is 0 Å². The van der Waals surface area contributed by atoms with Gasteiger partial charge in [0.1, 0.15) is 5.56 Å². The molecule has 1 fully saturated rings. The fraction of sp³-hybridized carbons (Fsp3) is 0.615. The summed E-state index contributed by atoms with van der Waals surface area (Å²) >= 11 is 0. The van der Waals surface area contributed by atoms with Crippen LogP contribution in [0.1, 0.15) is 23.0 Å². The minimum Gasteiger partial charge on any atom is -0.450 e. The molecule has 0 atom stereocenters. The van der Waals surface area contributed by atoms with Crippen LogP contribution in [-0.2, 0) is 11.8 Å². The standard InChI is InChI=1S/C13H19N3O5/c1-4-20-13(19)16-7-5-15(6-8-16)11(17)10-9(2)14(3)21-12(10)18/h4-8H2,1-3H3. The number of carbonyl (C=O) groups is 2. The number of piperazine rings is 1. The van der Waals surface area contributed by atoms with E-state index in [9.17, 15) is 14.4 Å². The predicted molar refractivity (Wildman–Crippen MR) is 73.2 cm³/mol. The van der Waals surface area contributed by atoms with Crippen LogP contribution in [0.3, 0.4) is 0 Å². The second-order valence-corrected chi connectivity index (χ2v) is 4.81. The number of hydrogen-bond acceptors (Lipinski definition) is 5. The highest BCUT2D eigenvalue weighted by Gasteiger charge is 2.29. The topological polar surface area (TPSA) is 85.0 Å². The Labute approximate surface area is 121 Å². The molecular formula is C13H19N3O5. The molecule has 2 amide bonds. The van der Waals surface area contributed by atoms with Crippen LogP contribution in [0.15, 0.2) is 9.32 Å². The average molecular weight is 297 g/mol. The maximum atomic E-state index is 12.4. The van der Waals surface area contributed by atoms with Crippen molar-refractivity contribution < 1.29 is 18.8 Å². The first-order valence-electron chi connectivity index (χ1n) is 6.83. The fourth-order valence-corrected chi connectivity index (χ4v) is 2.25. The minimum atomic E-state index is -0.632. The molecule has 1 aromatic heterocycles. The smallest absolute Gasteiger partial charge is 0.409 e. The van der Waals surface area contributed by atoms with Gasteiger partial charge in [-0.25, -0.2) is 14.3 Å². The van der Waals surface area contributed by atoms with Crippen LogP contribution < -0.4 is 5.63 Å². The van der Waals surface area contributed by atoms with Gasteiger partial charge in [0.05, 0.1) is 12.3 Å². The van der Waals surface area contributed by atoms with Gasteiger partial charge < -0.3 is 19.1 Å². The predicted octanol–water partition coefficient (Wildman–Crippen LogP) is 0.201. The quantitative estimate of drug-likeness (QED) is 0.778. The SMILES string of the molecule is CCOC(=O)N1CCN(C(=O)c2c(C)n(C)oc2=O)CC1. The molecule has 0 aliphatic carbocycles. The first kappa shape index (κ1) is 15.1. The van der Waals surface area contributed by atoms with Crippen molar-refractivity contribution in [3.05, 3.63) is 21.7 Å². The number of hydrogen-bond donors (Lipinski definition) is 0. The lowest BCUT2D eigenvalue weighted by molar-refractivity contribution is 0.0568. The molecular weight excluding hydrogens is 278 g/mol. The Kier molecular flexibility index (Phi) is 4.35. The molecule has 8 nitrogen and oxygen atoms in total. The summed E-state index contributed by atoms with van der Waals surface area (Å²) in [4.78, 5) is 38.7. The maximum Gasteiger partial charge on any atom is 0.409 e. The van der Waals surface area contributed by atoms with Gasteiger partial charge in [0.15, 0.2) is 0 Å². The van der Waals surface area contributed by atoms with Crippen molar-refractivity contribution >= 4 is 12.0 Å². The molecule has 0 bridgehead atoms. The normalized spacial score (nSPS) is 15.2. The van der Waals surface area contributed by atoms with Gasteiger partial charge in [-0.3, -0.25) is 4.79 Å². The first-order valence-corrected chi connectivity index (χ1v) is 6.83. The van der Waals surface area contributed by atoms with Gasteiger partial charge in [-0.2, -0.15) is 0 Å². The molecule has 1 aliphatic rings. The van der Waals surface area contributed by atoms with Crippen LogP contribution >= 0.6 is 0 Å². The lowest BCUT2D eigenvalue weighted by Gasteiger charge is -2.33. The third-order valence-corrected chi connectivity index (χ3v) is 3.56. The lowest BCUT2D eigenvalue weighted by Crippen LogP contribution is -2.51. The number of carbonyl (C=O) groups excluding carboxylic acids is 2. The van der Waals surface area contributed by atoms with Gasteiger partial charge in [0.2, 0.25) is 0 Å². The largest absolute Gasteiger partial charge is 0.450 e. The second-order valence-electron chi connectivity index (χ2n) is 4.81. The van der Waals surface area contributed by atoms with Crippen LogP contribution in [0.5, 0.6) is 0 Å². The Balaban J connectivity index is 2.04. The van der Waals surface area contributed by atoms with E-state index in [4.69, 9.17) is 9.26 Å². The van der Waals surface area contributed by atoms with Crippen LogP contribution in [0, 0.1) is 6.92 Å². The van der Waals surface area contributed by atoms with Crippen molar-refractivity contribution in [1.82, 2.24) is 14.5 Å². The summed E-state index contributed by atoms with van der Waals surface area (Å²) in [6.45, 7) is 5.24. The summed E-state index contributed by atoms with van der Waals surface area (Å²) in [5, 5.41) is 0. The zero-order chi connectivity index (χ0) is 15.6.